The van der Waals surface area contributed by atoms with Crippen molar-refractivity contribution in [3.8, 4) is 11.5 Å². The van der Waals surface area contributed by atoms with Gasteiger partial charge in [0.1, 0.15) is 0 Å². The SMILES string of the molecule is COc1ccc(CCCNC(=O)[C@@H](N)CC(C)C)cc1OC.Cl. The fourth-order valence-electron chi connectivity index (χ4n) is 2.29. The largest absolute Gasteiger partial charge is 0.493 e. The molecule has 0 aliphatic heterocycles. The highest BCUT2D eigenvalue weighted by Crippen LogP contribution is 2.27. The predicted octanol–water partition coefficient (Wildman–Crippen LogP) is 2.55. The summed E-state index contributed by atoms with van der Waals surface area (Å²) in [4.78, 5) is 11.8. The fourth-order valence-corrected chi connectivity index (χ4v) is 2.29. The van der Waals surface area contributed by atoms with E-state index in [1.807, 2.05) is 18.2 Å². The molecule has 0 aliphatic rings. The van der Waals surface area contributed by atoms with Crippen LogP contribution in [0, 0.1) is 5.92 Å². The van der Waals surface area contributed by atoms with E-state index < -0.39 is 6.04 Å². The summed E-state index contributed by atoms with van der Waals surface area (Å²) >= 11 is 0. The first-order chi connectivity index (χ1) is 10.5. The quantitative estimate of drug-likeness (QED) is 0.675. The van der Waals surface area contributed by atoms with Crippen LogP contribution in [0.2, 0.25) is 0 Å². The highest BCUT2D eigenvalue weighted by atomic mass is 35.5. The molecule has 5 nitrogen and oxygen atoms in total. The number of nitrogens with one attached hydrogen (secondary N) is 1. The summed E-state index contributed by atoms with van der Waals surface area (Å²) in [6, 6.07) is 5.45. The minimum Gasteiger partial charge on any atom is -0.493 e. The van der Waals surface area contributed by atoms with Crippen molar-refractivity contribution >= 4 is 18.3 Å². The summed E-state index contributed by atoms with van der Waals surface area (Å²) < 4.78 is 10.5. The number of nitrogens with two attached hydrogens (primary N) is 1. The van der Waals surface area contributed by atoms with Crippen molar-refractivity contribution in [1.82, 2.24) is 5.32 Å². The van der Waals surface area contributed by atoms with Crippen molar-refractivity contribution < 1.29 is 14.3 Å². The number of hydrogen-bond donors (Lipinski definition) is 2. The van der Waals surface area contributed by atoms with Crippen LogP contribution in [-0.2, 0) is 11.2 Å². The smallest absolute Gasteiger partial charge is 0.236 e. The van der Waals surface area contributed by atoms with Gasteiger partial charge in [-0.05, 0) is 42.9 Å². The van der Waals surface area contributed by atoms with E-state index in [1.54, 1.807) is 14.2 Å². The zero-order chi connectivity index (χ0) is 16.5. The third-order valence-corrected chi connectivity index (χ3v) is 3.45. The van der Waals surface area contributed by atoms with Gasteiger partial charge in [0.25, 0.3) is 0 Å². The molecule has 0 spiro atoms. The molecule has 0 heterocycles. The lowest BCUT2D eigenvalue weighted by Crippen LogP contribution is -2.41. The maximum atomic E-state index is 11.8. The monoisotopic (exact) mass is 344 g/mol. The number of carbonyl (C=O) groups excluding carboxylic acids is 1. The van der Waals surface area contributed by atoms with Crippen LogP contribution in [0.5, 0.6) is 11.5 Å². The Labute approximate surface area is 145 Å². The Balaban J connectivity index is 0.00000484. The zero-order valence-corrected chi connectivity index (χ0v) is 15.2. The Morgan fingerprint density at radius 1 is 1.22 bits per heavy atom. The van der Waals surface area contributed by atoms with E-state index in [1.165, 1.54) is 0 Å². The van der Waals surface area contributed by atoms with Gasteiger partial charge in [-0.15, -0.1) is 12.4 Å². The van der Waals surface area contributed by atoms with Gasteiger partial charge in [0.15, 0.2) is 11.5 Å². The molecule has 0 aromatic heterocycles. The highest BCUT2D eigenvalue weighted by Gasteiger charge is 2.14. The number of amides is 1. The van der Waals surface area contributed by atoms with Crippen LogP contribution in [0.4, 0.5) is 0 Å². The average molecular weight is 345 g/mol. The summed E-state index contributed by atoms with van der Waals surface area (Å²) in [5.41, 5.74) is 6.99. The molecule has 0 bridgehead atoms. The van der Waals surface area contributed by atoms with Crippen LogP contribution in [0.3, 0.4) is 0 Å². The van der Waals surface area contributed by atoms with E-state index in [0.717, 1.165) is 29.9 Å². The fraction of sp³-hybridized carbons (Fsp3) is 0.588. The molecule has 1 aromatic carbocycles. The molecule has 6 heteroatoms. The molecule has 0 unspecified atom stereocenters. The molecule has 23 heavy (non-hydrogen) atoms. The van der Waals surface area contributed by atoms with Crippen LogP contribution >= 0.6 is 12.4 Å². The van der Waals surface area contributed by atoms with Gasteiger partial charge in [0, 0.05) is 6.54 Å². The number of carbonyl (C=O) groups is 1. The van der Waals surface area contributed by atoms with Crippen LogP contribution in [-0.4, -0.2) is 32.7 Å². The number of ether oxygens (including phenoxy) is 2. The zero-order valence-electron chi connectivity index (χ0n) is 14.4. The molecule has 1 amide bonds. The van der Waals surface area contributed by atoms with Gasteiger partial charge in [-0.3, -0.25) is 4.79 Å². The van der Waals surface area contributed by atoms with E-state index in [2.05, 4.69) is 19.2 Å². The Bertz CT molecular complexity index is 481. The van der Waals surface area contributed by atoms with Gasteiger partial charge in [-0.1, -0.05) is 19.9 Å². The second kappa shape index (κ2) is 11.1. The molecule has 0 aliphatic carbocycles. The Morgan fingerprint density at radius 2 is 1.87 bits per heavy atom. The van der Waals surface area contributed by atoms with E-state index in [0.29, 0.717) is 18.9 Å². The lowest BCUT2D eigenvalue weighted by Gasteiger charge is -2.14. The number of hydrogen-bond acceptors (Lipinski definition) is 4. The molecular formula is C17H29ClN2O3. The van der Waals surface area contributed by atoms with E-state index in [-0.39, 0.29) is 18.3 Å². The lowest BCUT2D eigenvalue weighted by atomic mass is 10.0. The summed E-state index contributed by atoms with van der Waals surface area (Å²) in [5.74, 6) is 1.80. The Hall–Kier alpha value is -1.46. The molecule has 1 rings (SSSR count). The van der Waals surface area contributed by atoms with Crippen molar-refractivity contribution in [2.24, 2.45) is 11.7 Å². The minimum absolute atomic E-state index is 0. The molecule has 1 aromatic rings. The second-order valence-electron chi connectivity index (χ2n) is 5.82. The highest BCUT2D eigenvalue weighted by molar-refractivity contribution is 5.85. The first-order valence-corrected chi connectivity index (χ1v) is 7.72. The van der Waals surface area contributed by atoms with Crippen molar-refractivity contribution in [2.45, 2.75) is 39.2 Å². The maximum absolute atomic E-state index is 11.8. The van der Waals surface area contributed by atoms with Crippen molar-refractivity contribution in [3.63, 3.8) is 0 Å². The lowest BCUT2D eigenvalue weighted by molar-refractivity contribution is -0.122. The van der Waals surface area contributed by atoms with Crippen LogP contribution in [0.25, 0.3) is 0 Å². The van der Waals surface area contributed by atoms with Crippen LogP contribution in [0.15, 0.2) is 18.2 Å². The molecule has 0 radical (unpaired) electrons. The first-order valence-electron chi connectivity index (χ1n) is 7.72. The Morgan fingerprint density at radius 3 is 2.43 bits per heavy atom. The van der Waals surface area contributed by atoms with Gasteiger partial charge in [0.2, 0.25) is 5.91 Å². The average Bonchev–Trinajstić information content (AvgIpc) is 2.50. The van der Waals surface area contributed by atoms with Gasteiger partial charge in [-0.25, -0.2) is 0 Å². The summed E-state index contributed by atoms with van der Waals surface area (Å²) in [5, 5.41) is 2.89. The minimum atomic E-state index is -0.416. The van der Waals surface area contributed by atoms with Gasteiger partial charge in [-0.2, -0.15) is 0 Å². The van der Waals surface area contributed by atoms with Crippen LogP contribution in [0.1, 0.15) is 32.3 Å². The molecular weight excluding hydrogens is 316 g/mol. The topological polar surface area (TPSA) is 73.6 Å². The number of aryl methyl sites for hydroxylation is 1. The van der Waals surface area contributed by atoms with Crippen molar-refractivity contribution in [3.05, 3.63) is 23.8 Å². The van der Waals surface area contributed by atoms with Gasteiger partial charge in [0.05, 0.1) is 20.3 Å². The van der Waals surface area contributed by atoms with Crippen molar-refractivity contribution in [2.75, 3.05) is 20.8 Å². The summed E-state index contributed by atoms with van der Waals surface area (Å²) in [6.07, 6.45) is 2.43. The molecule has 0 saturated carbocycles. The maximum Gasteiger partial charge on any atom is 0.236 e. The van der Waals surface area contributed by atoms with E-state index >= 15 is 0 Å². The number of methoxy groups -OCH3 is 2. The Kier molecular flexibility index (Phi) is 10.4. The van der Waals surface area contributed by atoms with Gasteiger partial charge >= 0.3 is 0 Å². The molecule has 0 saturated heterocycles. The standard InChI is InChI=1S/C17H28N2O3.ClH/c1-12(2)10-14(18)17(20)19-9-5-6-13-7-8-15(21-3)16(11-13)22-4;/h7-8,11-12,14H,5-6,9-10,18H2,1-4H3,(H,19,20);1H/t14-;/m0./s1. The van der Waals surface area contributed by atoms with E-state index in [4.69, 9.17) is 15.2 Å². The van der Waals surface area contributed by atoms with Gasteiger partial charge < -0.3 is 20.5 Å². The second-order valence-corrected chi connectivity index (χ2v) is 5.82. The summed E-state index contributed by atoms with van der Waals surface area (Å²) in [7, 11) is 3.24. The number of halogens is 1. The third-order valence-electron chi connectivity index (χ3n) is 3.45. The molecule has 0 fully saturated rings. The molecule has 3 N–H and O–H groups in total. The number of rotatable bonds is 9. The van der Waals surface area contributed by atoms with E-state index in [9.17, 15) is 4.79 Å². The first kappa shape index (κ1) is 21.5. The van der Waals surface area contributed by atoms with Crippen LogP contribution < -0.4 is 20.5 Å². The number of benzene rings is 1. The molecule has 1 atom stereocenters. The summed E-state index contributed by atoms with van der Waals surface area (Å²) in [6.45, 7) is 4.74. The predicted molar refractivity (Wildman–Crippen MR) is 95.6 cm³/mol. The third kappa shape index (κ3) is 7.57. The molecule has 132 valence electrons. The van der Waals surface area contributed by atoms with Crippen molar-refractivity contribution in [1.29, 1.82) is 0 Å². The normalized spacial score (nSPS) is 11.6.